The van der Waals surface area contributed by atoms with Crippen molar-refractivity contribution in [2.45, 2.75) is 31.6 Å². The number of nitrogens with zero attached hydrogens (tertiary/aromatic N) is 2. The number of hydrogen-bond donors (Lipinski definition) is 2. The number of benzene rings is 3. The van der Waals surface area contributed by atoms with E-state index in [0.717, 1.165) is 27.6 Å². The van der Waals surface area contributed by atoms with Crippen molar-refractivity contribution >= 4 is 28.2 Å². The van der Waals surface area contributed by atoms with E-state index in [1.165, 1.54) is 32.8 Å². The van der Waals surface area contributed by atoms with E-state index in [4.69, 9.17) is 4.74 Å². The molecule has 178 valence electrons. The summed E-state index contributed by atoms with van der Waals surface area (Å²) < 4.78 is 6.14. The monoisotopic (exact) mass is 475 g/mol. The summed E-state index contributed by atoms with van der Waals surface area (Å²) in [6, 6.07) is 12.5. The first-order chi connectivity index (χ1) is 16.4. The molecule has 0 aliphatic carbocycles. The highest BCUT2D eigenvalue weighted by Gasteiger charge is 2.30. The van der Waals surface area contributed by atoms with Crippen LogP contribution in [-0.2, 0) is 0 Å². The van der Waals surface area contributed by atoms with Crippen LogP contribution in [0.2, 0.25) is 0 Å². The lowest BCUT2D eigenvalue weighted by molar-refractivity contribution is 0.200. The van der Waals surface area contributed by atoms with Gasteiger partial charge in [0.1, 0.15) is 12.4 Å². The first-order valence-electron chi connectivity index (χ1n) is 11.5. The molecule has 6 heteroatoms. The summed E-state index contributed by atoms with van der Waals surface area (Å²) in [7, 11) is 4.22. The number of aliphatic hydroxyl groups is 1. The highest BCUT2D eigenvalue weighted by Crippen LogP contribution is 2.48. The molecule has 1 atom stereocenters. The van der Waals surface area contributed by atoms with Gasteiger partial charge in [-0.1, -0.05) is 30.3 Å². The molecular formula is C28H33N3O2S. The molecule has 0 saturated carbocycles. The Labute approximate surface area is 206 Å². The molecule has 4 aromatic rings. The number of anilines is 1. The molecule has 0 spiro atoms. The van der Waals surface area contributed by atoms with Gasteiger partial charge in [-0.2, -0.15) is 5.10 Å². The Hall–Kier alpha value is -2.96. The Kier molecular flexibility index (Phi) is 7.19. The zero-order chi connectivity index (χ0) is 24.4. The van der Waals surface area contributed by atoms with Crippen molar-refractivity contribution in [3.8, 4) is 5.75 Å². The molecule has 2 N–H and O–H groups in total. The lowest BCUT2D eigenvalue weighted by atomic mass is 9.78. The highest BCUT2D eigenvalue weighted by atomic mass is 32.2. The number of H-pyrrole nitrogens is 1. The molecule has 34 heavy (non-hydrogen) atoms. The highest BCUT2D eigenvalue weighted by molar-refractivity contribution is 7.98. The Morgan fingerprint density at radius 2 is 1.79 bits per heavy atom. The van der Waals surface area contributed by atoms with E-state index in [0.29, 0.717) is 0 Å². The van der Waals surface area contributed by atoms with Gasteiger partial charge in [-0.3, -0.25) is 5.10 Å². The van der Waals surface area contributed by atoms with Crippen LogP contribution in [0, 0.1) is 20.8 Å². The van der Waals surface area contributed by atoms with Crippen LogP contribution in [0.25, 0.3) is 10.8 Å². The predicted molar refractivity (Wildman–Crippen MR) is 143 cm³/mol. The number of rotatable bonds is 8. The Morgan fingerprint density at radius 3 is 2.44 bits per heavy atom. The normalized spacial score (nSPS) is 12.2. The largest absolute Gasteiger partial charge is 0.491 e. The van der Waals surface area contributed by atoms with Crippen molar-refractivity contribution in [1.82, 2.24) is 10.2 Å². The molecule has 3 aromatic carbocycles. The summed E-state index contributed by atoms with van der Waals surface area (Å²) in [5.41, 5.74) is 8.53. The average Bonchev–Trinajstić information content (AvgIpc) is 3.35. The number of fused-ring (bicyclic) bond motifs is 1. The number of hydrogen-bond acceptors (Lipinski definition) is 5. The van der Waals surface area contributed by atoms with Crippen LogP contribution in [0.4, 0.5) is 5.69 Å². The number of aromatic nitrogens is 2. The SMILES string of the molecule is CSc1c(C)c(C(c2cn[nH]c2)c2c(OCCO)ccc3ccccc23)c(C)c(N(C)C)c1C. The number of aliphatic hydroxyl groups excluding tert-OH is 1. The van der Waals surface area contributed by atoms with Crippen LogP contribution < -0.4 is 9.64 Å². The molecule has 0 bridgehead atoms. The summed E-state index contributed by atoms with van der Waals surface area (Å²) in [5.74, 6) is 0.694. The second kappa shape index (κ2) is 10.1. The summed E-state index contributed by atoms with van der Waals surface area (Å²) in [4.78, 5) is 3.52. The standard InChI is InChI=1S/C28H33N3O2S/c1-17-24(18(2)28(34-6)19(3)27(17)31(4)5)25(21-15-29-30-16-21)26-22-10-8-7-9-20(22)11-12-23(26)33-14-13-32/h7-12,15-16,25,32H,13-14H2,1-6H3,(H,29,30). The number of nitrogens with one attached hydrogen (secondary N) is 1. The Bertz CT molecular complexity index is 1300. The van der Waals surface area contributed by atoms with Gasteiger partial charge in [-0.15, -0.1) is 11.8 Å². The maximum absolute atomic E-state index is 9.51. The van der Waals surface area contributed by atoms with Crippen LogP contribution in [0.3, 0.4) is 0 Å². The van der Waals surface area contributed by atoms with Gasteiger partial charge in [0, 0.05) is 47.9 Å². The van der Waals surface area contributed by atoms with Crippen LogP contribution in [0.5, 0.6) is 5.75 Å². The van der Waals surface area contributed by atoms with E-state index in [9.17, 15) is 5.11 Å². The van der Waals surface area contributed by atoms with Crippen molar-refractivity contribution in [1.29, 1.82) is 0 Å². The summed E-state index contributed by atoms with van der Waals surface area (Å²) in [6.07, 6.45) is 6.04. The third-order valence-electron chi connectivity index (χ3n) is 6.56. The summed E-state index contributed by atoms with van der Waals surface area (Å²) >= 11 is 1.79. The van der Waals surface area contributed by atoms with Crippen molar-refractivity contribution in [2.24, 2.45) is 0 Å². The number of aromatic amines is 1. The fourth-order valence-corrected chi connectivity index (χ4v) is 6.18. The molecule has 1 unspecified atom stereocenters. The second-order valence-electron chi connectivity index (χ2n) is 8.80. The lowest BCUT2D eigenvalue weighted by Gasteiger charge is -2.31. The van der Waals surface area contributed by atoms with Crippen LogP contribution in [0.15, 0.2) is 53.7 Å². The molecule has 0 fully saturated rings. The molecule has 0 amide bonds. The van der Waals surface area contributed by atoms with E-state index < -0.39 is 0 Å². The van der Waals surface area contributed by atoms with Gasteiger partial charge in [0.25, 0.3) is 0 Å². The number of thioether (sulfide) groups is 1. The molecule has 0 aliphatic heterocycles. The minimum absolute atomic E-state index is 0.0351. The number of ether oxygens (including phenoxy) is 1. The smallest absolute Gasteiger partial charge is 0.124 e. The van der Waals surface area contributed by atoms with Crippen LogP contribution >= 0.6 is 11.8 Å². The molecular weight excluding hydrogens is 442 g/mol. The van der Waals surface area contributed by atoms with Crippen molar-refractivity contribution in [3.05, 3.63) is 82.2 Å². The van der Waals surface area contributed by atoms with Gasteiger partial charge in [-0.05, 0) is 66.1 Å². The minimum Gasteiger partial charge on any atom is -0.491 e. The van der Waals surface area contributed by atoms with Crippen molar-refractivity contribution in [3.63, 3.8) is 0 Å². The maximum atomic E-state index is 9.51. The molecule has 4 rings (SSSR count). The average molecular weight is 476 g/mol. The van der Waals surface area contributed by atoms with Gasteiger partial charge in [0.15, 0.2) is 0 Å². The minimum atomic E-state index is -0.0938. The third-order valence-corrected chi connectivity index (χ3v) is 7.58. The lowest BCUT2D eigenvalue weighted by Crippen LogP contribution is -2.18. The zero-order valence-corrected chi connectivity index (χ0v) is 21.6. The van der Waals surface area contributed by atoms with Crippen LogP contribution in [0.1, 0.15) is 39.3 Å². The van der Waals surface area contributed by atoms with E-state index in [1.807, 2.05) is 18.5 Å². The molecule has 1 aromatic heterocycles. The topological polar surface area (TPSA) is 61.4 Å². The van der Waals surface area contributed by atoms with Gasteiger partial charge >= 0.3 is 0 Å². The van der Waals surface area contributed by atoms with Gasteiger partial charge in [0.05, 0.1) is 12.8 Å². The van der Waals surface area contributed by atoms with E-state index >= 15 is 0 Å². The first-order valence-corrected chi connectivity index (χ1v) is 12.7. The van der Waals surface area contributed by atoms with Gasteiger partial charge in [-0.25, -0.2) is 0 Å². The Morgan fingerprint density at radius 1 is 1.03 bits per heavy atom. The third kappa shape index (κ3) is 4.17. The predicted octanol–water partition coefficient (Wildman–Crippen LogP) is 5.83. The van der Waals surface area contributed by atoms with E-state index in [2.05, 4.69) is 86.6 Å². The quantitative estimate of drug-likeness (QED) is 0.314. The maximum Gasteiger partial charge on any atom is 0.124 e. The molecule has 1 heterocycles. The first kappa shape index (κ1) is 24.2. The molecule has 5 nitrogen and oxygen atoms in total. The summed E-state index contributed by atoms with van der Waals surface area (Å²) in [5, 5.41) is 19.2. The van der Waals surface area contributed by atoms with Gasteiger partial charge < -0.3 is 14.7 Å². The van der Waals surface area contributed by atoms with Crippen molar-refractivity contribution in [2.75, 3.05) is 38.5 Å². The molecule has 0 radical (unpaired) electrons. The molecule has 0 saturated heterocycles. The zero-order valence-electron chi connectivity index (χ0n) is 20.8. The summed E-state index contributed by atoms with van der Waals surface area (Å²) in [6.45, 7) is 6.88. The van der Waals surface area contributed by atoms with Crippen molar-refractivity contribution < 1.29 is 9.84 Å². The van der Waals surface area contributed by atoms with Crippen LogP contribution in [-0.4, -0.2) is 48.9 Å². The van der Waals surface area contributed by atoms with Gasteiger partial charge in [0.2, 0.25) is 0 Å². The fourth-order valence-electron chi connectivity index (χ4n) is 5.36. The van der Waals surface area contributed by atoms with E-state index in [1.54, 1.807) is 11.8 Å². The van der Waals surface area contributed by atoms with E-state index in [-0.39, 0.29) is 19.1 Å². The fraction of sp³-hybridized carbons (Fsp3) is 0.321. The Balaban J connectivity index is 2.14. The molecule has 0 aliphatic rings. The second-order valence-corrected chi connectivity index (χ2v) is 9.62.